The van der Waals surface area contributed by atoms with Gasteiger partial charge in [-0.05, 0) is 30.5 Å². The first kappa shape index (κ1) is 15.8. The minimum atomic E-state index is -0.277. The highest BCUT2D eigenvalue weighted by Gasteiger charge is 2.12. The smallest absolute Gasteiger partial charge is 0.408 e. The Labute approximate surface area is 125 Å². The molecule has 4 nitrogen and oxygen atoms in total. The highest BCUT2D eigenvalue weighted by molar-refractivity contribution is 5.73. The number of hydrogen-bond donors (Lipinski definition) is 1. The summed E-state index contributed by atoms with van der Waals surface area (Å²) in [4.78, 5) is 11.8. The van der Waals surface area contributed by atoms with Crippen LogP contribution in [0, 0.1) is 0 Å². The first-order valence-electron chi connectivity index (χ1n) is 8.06. The van der Waals surface area contributed by atoms with Crippen LogP contribution in [0.5, 0.6) is 0 Å². The highest BCUT2D eigenvalue weighted by Crippen LogP contribution is 2.22. The molecule has 2 rings (SSSR count). The van der Waals surface area contributed by atoms with E-state index in [4.69, 9.17) is 10.2 Å². The van der Waals surface area contributed by atoms with Crippen molar-refractivity contribution in [1.82, 2.24) is 4.57 Å². The molecule has 2 N–H and O–H groups in total. The van der Waals surface area contributed by atoms with E-state index in [1.165, 1.54) is 19.3 Å². The minimum Gasteiger partial charge on any atom is -0.408 e. The van der Waals surface area contributed by atoms with Crippen LogP contribution < -0.4 is 11.5 Å². The van der Waals surface area contributed by atoms with Crippen LogP contribution in [-0.2, 0) is 6.54 Å². The van der Waals surface area contributed by atoms with Gasteiger partial charge in [-0.3, -0.25) is 4.57 Å². The number of fused-ring (bicyclic) bond motifs is 1. The zero-order chi connectivity index (χ0) is 15.2. The number of oxazole rings is 1. The van der Waals surface area contributed by atoms with Crippen LogP contribution in [0.2, 0.25) is 0 Å². The lowest BCUT2D eigenvalue weighted by Gasteiger charge is -2.11. The standard InChI is InChI=1S/C17H26N2O2/c1-3-5-6-7-8-14(18)13-9-10-15-16(12-13)21-17(20)19(15)11-4-2/h9-10,12,14H,3-8,11,18H2,1-2H3. The second kappa shape index (κ2) is 7.46. The lowest BCUT2D eigenvalue weighted by Crippen LogP contribution is -2.13. The van der Waals surface area contributed by atoms with Gasteiger partial charge < -0.3 is 10.2 Å². The van der Waals surface area contributed by atoms with Crippen LogP contribution in [0.4, 0.5) is 0 Å². The Kier molecular flexibility index (Phi) is 5.62. The summed E-state index contributed by atoms with van der Waals surface area (Å²) in [7, 11) is 0. The summed E-state index contributed by atoms with van der Waals surface area (Å²) in [6.07, 6.45) is 6.76. The van der Waals surface area contributed by atoms with Crippen LogP contribution in [-0.4, -0.2) is 4.57 Å². The van der Waals surface area contributed by atoms with Crippen molar-refractivity contribution in [2.45, 2.75) is 65.0 Å². The average Bonchev–Trinajstić information content (AvgIpc) is 2.79. The quantitative estimate of drug-likeness (QED) is 0.748. The van der Waals surface area contributed by atoms with Crippen LogP contribution >= 0.6 is 0 Å². The second-order valence-electron chi connectivity index (χ2n) is 5.70. The molecule has 0 aliphatic carbocycles. The molecule has 0 aliphatic rings. The molecule has 1 atom stereocenters. The molecular weight excluding hydrogens is 264 g/mol. The van der Waals surface area contributed by atoms with Crippen LogP contribution in [0.3, 0.4) is 0 Å². The van der Waals surface area contributed by atoms with Crippen molar-refractivity contribution in [3.05, 3.63) is 34.3 Å². The average molecular weight is 290 g/mol. The molecule has 4 heteroatoms. The van der Waals surface area contributed by atoms with Crippen LogP contribution in [0.15, 0.2) is 27.4 Å². The Balaban J connectivity index is 2.13. The third-order valence-corrected chi connectivity index (χ3v) is 3.94. The van der Waals surface area contributed by atoms with E-state index in [0.717, 1.165) is 30.3 Å². The van der Waals surface area contributed by atoms with Gasteiger partial charge in [-0.25, -0.2) is 4.79 Å². The third-order valence-electron chi connectivity index (χ3n) is 3.94. The lowest BCUT2D eigenvalue weighted by molar-refractivity contribution is 0.502. The van der Waals surface area contributed by atoms with Gasteiger partial charge in [-0.1, -0.05) is 45.6 Å². The lowest BCUT2D eigenvalue weighted by atomic mass is 10.0. The molecule has 0 saturated heterocycles. The molecule has 1 heterocycles. The maximum atomic E-state index is 11.8. The van der Waals surface area contributed by atoms with Crippen molar-refractivity contribution in [3.63, 3.8) is 0 Å². The van der Waals surface area contributed by atoms with Crippen molar-refractivity contribution in [2.75, 3.05) is 0 Å². The second-order valence-corrected chi connectivity index (χ2v) is 5.70. The SMILES string of the molecule is CCCCCCC(N)c1ccc2c(c1)oc(=O)n2CCC. The summed E-state index contributed by atoms with van der Waals surface area (Å²) < 4.78 is 7.02. The fraction of sp³-hybridized carbons (Fsp3) is 0.588. The van der Waals surface area contributed by atoms with Gasteiger partial charge in [0.2, 0.25) is 0 Å². The third kappa shape index (κ3) is 3.76. The van der Waals surface area contributed by atoms with E-state index in [1.54, 1.807) is 4.57 Å². The predicted octanol–water partition coefficient (Wildman–Crippen LogP) is 3.97. The van der Waals surface area contributed by atoms with E-state index in [9.17, 15) is 4.79 Å². The van der Waals surface area contributed by atoms with Gasteiger partial charge in [0.1, 0.15) is 0 Å². The molecule has 1 unspecified atom stereocenters. The molecule has 0 fully saturated rings. The summed E-state index contributed by atoms with van der Waals surface area (Å²) >= 11 is 0. The zero-order valence-corrected chi connectivity index (χ0v) is 13.1. The number of aromatic nitrogens is 1. The topological polar surface area (TPSA) is 61.2 Å². The molecule has 21 heavy (non-hydrogen) atoms. The Hall–Kier alpha value is -1.55. The van der Waals surface area contributed by atoms with E-state index < -0.39 is 0 Å². The Morgan fingerprint density at radius 2 is 2.00 bits per heavy atom. The number of nitrogens with zero attached hydrogens (tertiary/aromatic N) is 1. The number of nitrogens with two attached hydrogens (primary N) is 1. The summed E-state index contributed by atoms with van der Waals surface area (Å²) in [6, 6.07) is 5.92. The van der Waals surface area contributed by atoms with E-state index >= 15 is 0 Å². The zero-order valence-electron chi connectivity index (χ0n) is 13.1. The molecule has 1 aromatic heterocycles. The number of hydrogen-bond acceptors (Lipinski definition) is 3. The summed E-state index contributed by atoms with van der Waals surface area (Å²) in [5.41, 5.74) is 8.81. The highest BCUT2D eigenvalue weighted by atomic mass is 16.4. The van der Waals surface area contributed by atoms with Crippen molar-refractivity contribution < 1.29 is 4.42 Å². The largest absolute Gasteiger partial charge is 0.419 e. The molecule has 0 aliphatic heterocycles. The Bertz CT molecular complexity index is 627. The van der Waals surface area contributed by atoms with Gasteiger partial charge in [0.25, 0.3) is 0 Å². The summed E-state index contributed by atoms with van der Waals surface area (Å²) in [5.74, 6) is -0.277. The number of rotatable bonds is 8. The molecule has 1 aromatic carbocycles. The van der Waals surface area contributed by atoms with E-state index in [1.807, 2.05) is 25.1 Å². The van der Waals surface area contributed by atoms with Crippen molar-refractivity contribution in [3.8, 4) is 0 Å². The Morgan fingerprint density at radius 3 is 2.71 bits per heavy atom. The predicted molar refractivity (Wildman–Crippen MR) is 86.5 cm³/mol. The van der Waals surface area contributed by atoms with Crippen molar-refractivity contribution in [1.29, 1.82) is 0 Å². The molecule has 0 spiro atoms. The van der Waals surface area contributed by atoms with Gasteiger partial charge in [0.05, 0.1) is 5.52 Å². The van der Waals surface area contributed by atoms with Gasteiger partial charge in [0, 0.05) is 12.6 Å². The van der Waals surface area contributed by atoms with Crippen LogP contribution in [0.25, 0.3) is 11.1 Å². The van der Waals surface area contributed by atoms with Gasteiger partial charge >= 0.3 is 5.76 Å². The number of unbranched alkanes of at least 4 members (excludes halogenated alkanes) is 3. The monoisotopic (exact) mass is 290 g/mol. The number of aryl methyl sites for hydroxylation is 1. The Morgan fingerprint density at radius 1 is 1.19 bits per heavy atom. The number of benzene rings is 1. The van der Waals surface area contributed by atoms with Gasteiger partial charge in [-0.2, -0.15) is 0 Å². The minimum absolute atomic E-state index is 0.0195. The molecule has 0 amide bonds. The van der Waals surface area contributed by atoms with Crippen molar-refractivity contribution in [2.24, 2.45) is 5.73 Å². The van der Waals surface area contributed by atoms with E-state index in [0.29, 0.717) is 12.1 Å². The van der Waals surface area contributed by atoms with E-state index in [-0.39, 0.29) is 11.8 Å². The van der Waals surface area contributed by atoms with E-state index in [2.05, 4.69) is 6.92 Å². The molecular formula is C17H26N2O2. The molecule has 0 saturated carbocycles. The maximum absolute atomic E-state index is 11.8. The normalized spacial score (nSPS) is 12.9. The summed E-state index contributed by atoms with van der Waals surface area (Å²) in [5, 5.41) is 0. The van der Waals surface area contributed by atoms with Crippen LogP contribution in [0.1, 0.15) is 64.0 Å². The fourth-order valence-electron chi connectivity index (χ4n) is 2.71. The first-order valence-corrected chi connectivity index (χ1v) is 8.06. The molecule has 0 bridgehead atoms. The fourth-order valence-corrected chi connectivity index (χ4v) is 2.71. The maximum Gasteiger partial charge on any atom is 0.419 e. The molecule has 116 valence electrons. The molecule has 0 radical (unpaired) electrons. The van der Waals surface area contributed by atoms with Gasteiger partial charge in [0.15, 0.2) is 5.58 Å². The summed E-state index contributed by atoms with van der Waals surface area (Å²) in [6.45, 7) is 4.94. The molecule has 2 aromatic rings. The van der Waals surface area contributed by atoms with Gasteiger partial charge in [-0.15, -0.1) is 0 Å². The first-order chi connectivity index (χ1) is 10.2. The van der Waals surface area contributed by atoms with Crippen molar-refractivity contribution >= 4 is 11.1 Å².